The molecule has 4 nitrogen and oxygen atoms in total. The van der Waals surface area contributed by atoms with Gasteiger partial charge in [0.25, 0.3) is 5.91 Å². The standard InChI is InChI=1S/C28H35N3O/c1-21(18-25-22(2)12-11-17-28(25,3)4)19-30-31-27(32)26(24-15-9-6-10-16-24)29-20-23-13-7-5-8-14-23/h5-10,12-16,18-19,25-26,29H,11,17,20H2,1-4H3,(H,31,32)/b21-18+,30-19-. The van der Waals surface area contributed by atoms with E-state index in [9.17, 15) is 4.79 Å². The van der Waals surface area contributed by atoms with Crippen LogP contribution in [0.5, 0.6) is 0 Å². The summed E-state index contributed by atoms with van der Waals surface area (Å²) in [5.74, 6) is 0.216. The molecular formula is C28H35N3O. The van der Waals surface area contributed by atoms with Crippen molar-refractivity contribution in [3.8, 4) is 0 Å². The van der Waals surface area contributed by atoms with Crippen molar-refractivity contribution in [2.45, 2.75) is 53.1 Å². The molecule has 0 saturated heterocycles. The van der Waals surface area contributed by atoms with Gasteiger partial charge in [0.05, 0.1) is 0 Å². The Morgan fingerprint density at radius 1 is 1.12 bits per heavy atom. The largest absolute Gasteiger partial charge is 0.298 e. The molecule has 1 aliphatic rings. The number of carbonyl (C=O) groups excluding carboxylic acids is 1. The van der Waals surface area contributed by atoms with Crippen LogP contribution in [0.15, 0.2) is 89.1 Å². The van der Waals surface area contributed by atoms with Crippen LogP contribution < -0.4 is 10.7 Å². The van der Waals surface area contributed by atoms with Gasteiger partial charge in [-0.15, -0.1) is 0 Å². The third-order valence-corrected chi connectivity index (χ3v) is 6.21. The van der Waals surface area contributed by atoms with E-state index in [1.807, 2.05) is 67.6 Å². The number of hydrogen-bond donors (Lipinski definition) is 2. The smallest absolute Gasteiger partial charge is 0.261 e. The van der Waals surface area contributed by atoms with E-state index in [0.29, 0.717) is 12.5 Å². The molecule has 4 heteroatoms. The normalized spacial score (nSPS) is 19.4. The number of amides is 1. The molecule has 0 fully saturated rings. The highest BCUT2D eigenvalue weighted by Crippen LogP contribution is 2.41. The predicted molar refractivity (Wildman–Crippen MR) is 133 cm³/mol. The number of nitrogens with zero attached hydrogens (tertiary/aromatic N) is 1. The zero-order valence-electron chi connectivity index (χ0n) is 19.6. The lowest BCUT2D eigenvalue weighted by Crippen LogP contribution is -2.35. The van der Waals surface area contributed by atoms with E-state index < -0.39 is 6.04 Å². The minimum atomic E-state index is -0.486. The maximum absolute atomic E-state index is 13.0. The van der Waals surface area contributed by atoms with Gasteiger partial charge < -0.3 is 0 Å². The molecule has 0 spiro atoms. The van der Waals surface area contributed by atoms with Crippen molar-refractivity contribution in [3.05, 3.63) is 95.1 Å². The highest BCUT2D eigenvalue weighted by molar-refractivity contribution is 5.85. The van der Waals surface area contributed by atoms with Crippen molar-refractivity contribution < 1.29 is 4.79 Å². The van der Waals surface area contributed by atoms with Crippen molar-refractivity contribution in [1.29, 1.82) is 0 Å². The average molecular weight is 430 g/mol. The van der Waals surface area contributed by atoms with Gasteiger partial charge in [-0.05, 0) is 48.8 Å². The van der Waals surface area contributed by atoms with Crippen LogP contribution in [0.1, 0.15) is 57.7 Å². The molecule has 32 heavy (non-hydrogen) atoms. The summed E-state index contributed by atoms with van der Waals surface area (Å²) in [6.45, 7) is 9.48. The van der Waals surface area contributed by atoms with Gasteiger partial charge in [-0.25, -0.2) is 5.43 Å². The predicted octanol–water partition coefficient (Wildman–Crippen LogP) is 5.95. The van der Waals surface area contributed by atoms with Crippen LogP contribution in [0.2, 0.25) is 0 Å². The Labute approximate surface area is 192 Å². The first-order chi connectivity index (χ1) is 15.4. The minimum Gasteiger partial charge on any atom is -0.298 e. The van der Waals surface area contributed by atoms with Crippen LogP contribution in [-0.4, -0.2) is 12.1 Å². The van der Waals surface area contributed by atoms with Crippen LogP contribution in [0.25, 0.3) is 0 Å². The first-order valence-electron chi connectivity index (χ1n) is 11.4. The van der Waals surface area contributed by atoms with E-state index in [2.05, 4.69) is 48.8 Å². The summed E-state index contributed by atoms with van der Waals surface area (Å²) in [5.41, 5.74) is 7.46. The summed E-state index contributed by atoms with van der Waals surface area (Å²) in [4.78, 5) is 13.0. The van der Waals surface area contributed by atoms with Crippen molar-refractivity contribution in [2.24, 2.45) is 16.4 Å². The lowest BCUT2D eigenvalue weighted by Gasteiger charge is -2.37. The number of allylic oxidation sites excluding steroid dienone is 4. The maximum atomic E-state index is 13.0. The van der Waals surface area contributed by atoms with Gasteiger partial charge in [-0.1, -0.05) is 92.2 Å². The molecule has 1 aliphatic carbocycles. The van der Waals surface area contributed by atoms with Crippen molar-refractivity contribution in [2.75, 3.05) is 0 Å². The second-order valence-corrected chi connectivity index (χ2v) is 9.31. The van der Waals surface area contributed by atoms with Crippen molar-refractivity contribution in [3.63, 3.8) is 0 Å². The third kappa shape index (κ3) is 6.51. The number of hydrazone groups is 1. The van der Waals surface area contributed by atoms with Gasteiger partial charge in [0.2, 0.25) is 0 Å². The second kappa shape index (κ2) is 11.1. The molecular weight excluding hydrogens is 394 g/mol. The molecule has 3 rings (SSSR count). The molecule has 0 aromatic heterocycles. The Hall–Kier alpha value is -2.98. The van der Waals surface area contributed by atoms with Gasteiger partial charge >= 0.3 is 0 Å². The zero-order valence-corrected chi connectivity index (χ0v) is 19.6. The SMILES string of the molecule is CC1=CCCC(C)(C)C1/C=C(C)/C=N\NC(=O)C(NCc1ccccc1)c1ccccc1. The van der Waals surface area contributed by atoms with Crippen LogP contribution >= 0.6 is 0 Å². The Balaban J connectivity index is 1.67. The maximum Gasteiger partial charge on any atom is 0.261 e. The Morgan fingerprint density at radius 2 is 1.78 bits per heavy atom. The fraction of sp³-hybridized carbons (Fsp3) is 0.357. The van der Waals surface area contributed by atoms with Crippen molar-refractivity contribution in [1.82, 2.24) is 10.7 Å². The molecule has 168 valence electrons. The molecule has 2 aromatic rings. The lowest BCUT2D eigenvalue weighted by atomic mass is 9.68. The molecule has 2 atom stereocenters. The number of carbonyl (C=O) groups is 1. The van der Waals surface area contributed by atoms with Gasteiger partial charge in [0.15, 0.2) is 0 Å². The average Bonchev–Trinajstić information content (AvgIpc) is 2.78. The summed E-state index contributed by atoms with van der Waals surface area (Å²) in [5, 5.41) is 7.62. The van der Waals surface area contributed by atoms with Crippen LogP contribution in [0, 0.1) is 11.3 Å². The van der Waals surface area contributed by atoms with E-state index in [1.54, 1.807) is 6.21 Å². The van der Waals surface area contributed by atoms with Gasteiger partial charge in [0, 0.05) is 18.7 Å². The monoisotopic (exact) mass is 429 g/mol. The summed E-state index contributed by atoms with van der Waals surface area (Å²) in [6, 6.07) is 19.3. The molecule has 0 heterocycles. The zero-order chi connectivity index (χ0) is 23.0. The fourth-order valence-corrected chi connectivity index (χ4v) is 4.32. The van der Waals surface area contributed by atoms with E-state index >= 15 is 0 Å². The molecule has 0 saturated carbocycles. The lowest BCUT2D eigenvalue weighted by molar-refractivity contribution is -0.123. The summed E-state index contributed by atoms with van der Waals surface area (Å²) >= 11 is 0. The van der Waals surface area contributed by atoms with Gasteiger partial charge in [0.1, 0.15) is 6.04 Å². The van der Waals surface area contributed by atoms with Crippen LogP contribution in [-0.2, 0) is 11.3 Å². The molecule has 0 aliphatic heterocycles. The van der Waals surface area contributed by atoms with Crippen molar-refractivity contribution >= 4 is 12.1 Å². The molecule has 0 bridgehead atoms. The van der Waals surface area contributed by atoms with E-state index in [0.717, 1.165) is 23.1 Å². The topological polar surface area (TPSA) is 53.5 Å². The summed E-state index contributed by atoms with van der Waals surface area (Å²) in [6.07, 6.45) is 8.67. The summed E-state index contributed by atoms with van der Waals surface area (Å²) in [7, 11) is 0. The van der Waals surface area contributed by atoms with Gasteiger partial charge in [-0.2, -0.15) is 5.10 Å². The van der Waals surface area contributed by atoms with Gasteiger partial charge in [-0.3, -0.25) is 10.1 Å². The Kier molecular flexibility index (Phi) is 8.18. The van der Waals surface area contributed by atoms with E-state index in [-0.39, 0.29) is 11.3 Å². The fourth-order valence-electron chi connectivity index (χ4n) is 4.32. The molecule has 2 aromatic carbocycles. The highest BCUT2D eigenvalue weighted by atomic mass is 16.2. The molecule has 2 unspecified atom stereocenters. The van der Waals surface area contributed by atoms with Crippen LogP contribution in [0.3, 0.4) is 0 Å². The second-order valence-electron chi connectivity index (χ2n) is 9.31. The Morgan fingerprint density at radius 3 is 2.44 bits per heavy atom. The quantitative estimate of drug-likeness (QED) is 0.310. The number of hydrogen-bond acceptors (Lipinski definition) is 3. The Bertz CT molecular complexity index is 974. The number of benzene rings is 2. The summed E-state index contributed by atoms with van der Waals surface area (Å²) < 4.78 is 0. The highest BCUT2D eigenvalue weighted by Gasteiger charge is 2.31. The number of nitrogens with one attached hydrogen (secondary N) is 2. The van der Waals surface area contributed by atoms with E-state index in [4.69, 9.17) is 0 Å². The van der Waals surface area contributed by atoms with Crippen LogP contribution in [0.4, 0.5) is 0 Å². The molecule has 0 radical (unpaired) electrons. The minimum absolute atomic E-state index is 0.176. The first-order valence-corrected chi connectivity index (χ1v) is 11.4. The third-order valence-electron chi connectivity index (χ3n) is 6.21. The molecule has 2 N–H and O–H groups in total. The first kappa shape index (κ1) is 23.7. The van der Waals surface area contributed by atoms with E-state index in [1.165, 1.54) is 12.0 Å². The molecule has 1 amide bonds. The number of rotatable bonds is 8.